The van der Waals surface area contributed by atoms with E-state index in [0.717, 1.165) is 64.6 Å². The van der Waals surface area contributed by atoms with Crippen LogP contribution in [0.25, 0.3) is 0 Å². The van der Waals surface area contributed by atoms with Crippen LogP contribution < -0.4 is 21.3 Å². The van der Waals surface area contributed by atoms with Gasteiger partial charge in [0, 0.05) is 25.7 Å². The first-order chi connectivity index (χ1) is 18.7. The van der Waals surface area contributed by atoms with Crippen LogP contribution in [-0.2, 0) is 14.3 Å². The third-order valence-corrected chi connectivity index (χ3v) is 8.99. The Balaban J connectivity index is 1.26. The van der Waals surface area contributed by atoms with Crippen molar-refractivity contribution in [2.45, 2.75) is 116 Å². The van der Waals surface area contributed by atoms with E-state index in [2.05, 4.69) is 40.0 Å². The monoisotopic (exact) mass is 553 g/mol. The number of aliphatic hydroxyl groups is 1. The number of nitrogens with one attached hydrogen (secondary N) is 4. The number of esters is 1. The maximum Gasteiger partial charge on any atom is 0.326 e. The Morgan fingerprint density at radius 3 is 2.18 bits per heavy atom. The van der Waals surface area contributed by atoms with Crippen molar-refractivity contribution >= 4 is 5.97 Å². The molecule has 1 heterocycles. The minimum Gasteiger partial charge on any atom is -0.459 e. The zero-order valence-electron chi connectivity index (χ0n) is 25.5. The van der Waals surface area contributed by atoms with E-state index in [1.165, 1.54) is 38.5 Å². The van der Waals surface area contributed by atoms with E-state index in [9.17, 15) is 9.90 Å². The van der Waals surface area contributed by atoms with Crippen molar-refractivity contribution in [3.8, 4) is 0 Å². The maximum absolute atomic E-state index is 12.3. The third kappa shape index (κ3) is 11.5. The fraction of sp³-hybridized carbons (Fsp3) is 0.967. The standard InChI is InChI=1S/C30H59N5O4/c1-6-35(7-2)16-17-38-26-14-12-25(13-15-26)34-29-32-19-24(20-33-29)23-10-8-22(9-11-23)18-31-27(21-36)28(37)39-30(3,4)5/h22-27,29,31-34,36H,6-21H2,1-5H3/t22?,23?,24?,25?,26?,27-,29?/m0/s1. The smallest absolute Gasteiger partial charge is 0.326 e. The summed E-state index contributed by atoms with van der Waals surface area (Å²) in [6, 6.07) is -0.0844. The largest absolute Gasteiger partial charge is 0.459 e. The van der Waals surface area contributed by atoms with Crippen LogP contribution in [0.3, 0.4) is 0 Å². The number of hydrogen-bond donors (Lipinski definition) is 5. The van der Waals surface area contributed by atoms with Crippen LogP contribution in [0, 0.1) is 17.8 Å². The SMILES string of the molecule is CCN(CC)CCOC1CCC(NC2NCC(C3CCC(CN[C@@H](CO)C(=O)OC(C)(C)C)CC3)CN2)CC1. The second kappa shape index (κ2) is 16.6. The summed E-state index contributed by atoms with van der Waals surface area (Å²) < 4.78 is 11.6. The highest BCUT2D eigenvalue weighted by atomic mass is 16.6. The second-order valence-corrected chi connectivity index (χ2v) is 13.0. The summed E-state index contributed by atoms with van der Waals surface area (Å²) in [5.41, 5.74) is -0.541. The molecule has 2 aliphatic carbocycles. The van der Waals surface area contributed by atoms with Gasteiger partial charge in [-0.3, -0.25) is 20.7 Å². The third-order valence-electron chi connectivity index (χ3n) is 8.99. The molecule has 1 saturated heterocycles. The highest BCUT2D eigenvalue weighted by molar-refractivity contribution is 5.76. The van der Waals surface area contributed by atoms with E-state index in [1.54, 1.807) is 0 Å². The van der Waals surface area contributed by atoms with Crippen LogP contribution in [0.1, 0.15) is 86.0 Å². The summed E-state index contributed by atoms with van der Waals surface area (Å²) in [5.74, 6) is 1.59. The number of likely N-dealkylation sites (N-methyl/N-ethyl adjacent to an activating group) is 1. The Labute approximate surface area is 237 Å². The lowest BCUT2D eigenvalue weighted by Gasteiger charge is -2.41. The molecular formula is C30H59N5O4. The van der Waals surface area contributed by atoms with Crippen LogP contribution in [0.15, 0.2) is 0 Å². The fourth-order valence-electron chi connectivity index (χ4n) is 6.42. The average molecular weight is 554 g/mol. The molecule has 5 N–H and O–H groups in total. The van der Waals surface area contributed by atoms with E-state index in [4.69, 9.17) is 9.47 Å². The molecule has 0 spiro atoms. The summed E-state index contributed by atoms with van der Waals surface area (Å²) in [7, 11) is 0. The summed E-state index contributed by atoms with van der Waals surface area (Å²) >= 11 is 0. The molecule has 1 aliphatic heterocycles. The van der Waals surface area contributed by atoms with Gasteiger partial charge in [0.05, 0.1) is 19.3 Å². The van der Waals surface area contributed by atoms with Crippen LogP contribution in [0.4, 0.5) is 0 Å². The molecule has 3 rings (SSSR count). The number of carbonyl (C=O) groups is 1. The molecule has 39 heavy (non-hydrogen) atoms. The quantitative estimate of drug-likeness (QED) is 0.207. The molecule has 3 fully saturated rings. The summed E-state index contributed by atoms with van der Waals surface area (Å²) in [6.45, 7) is 16.7. The number of rotatable bonds is 14. The van der Waals surface area contributed by atoms with Gasteiger partial charge in [0.15, 0.2) is 0 Å². The van der Waals surface area contributed by atoms with E-state index < -0.39 is 11.6 Å². The summed E-state index contributed by atoms with van der Waals surface area (Å²) in [4.78, 5) is 14.7. The van der Waals surface area contributed by atoms with Gasteiger partial charge >= 0.3 is 5.97 Å². The molecule has 1 atom stereocenters. The highest BCUT2D eigenvalue weighted by Crippen LogP contribution is 2.33. The molecule has 0 amide bonds. The lowest BCUT2D eigenvalue weighted by Crippen LogP contribution is -2.63. The Bertz CT molecular complexity index is 677. The van der Waals surface area contributed by atoms with Gasteiger partial charge in [0.1, 0.15) is 17.9 Å². The number of carbonyl (C=O) groups excluding carboxylic acids is 1. The number of hydrogen-bond acceptors (Lipinski definition) is 9. The van der Waals surface area contributed by atoms with Crippen LogP contribution in [0.2, 0.25) is 0 Å². The molecule has 9 nitrogen and oxygen atoms in total. The van der Waals surface area contributed by atoms with Crippen LogP contribution >= 0.6 is 0 Å². The first-order valence-electron chi connectivity index (χ1n) is 15.8. The lowest BCUT2D eigenvalue weighted by molar-refractivity contribution is -0.158. The van der Waals surface area contributed by atoms with Gasteiger partial charge in [0.2, 0.25) is 0 Å². The van der Waals surface area contributed by atoms with Crippen molar-refractivity contribution in [3.63, 3.8) is 0 Å². The first-order valence-corrected chi connectivity index (χ1v) is 15.8. The van der Waals surface area contributed by atoms with Crippen molar-refractivity contribution in [3.05, 3.63) is 0 Å². The van der Waals surface area contributed by atoms with Crippen molar-refractivity contribution < 1.29 is 19.4 Å². The van der Waals surface area contributed by atoms with E-state index in [0.29, 0.717) is 24.0 Å². The molecule has 0 aromatic heterocycles. The lowest BCUT2D eigenvalue weighted by atomic mass is 9.75. The van der Waals surface area contributed by atoms with Crippen molar-refractivity contribution in [1.82, 2.24) is 26.2 Å². The molecule has 228 valence electrons. The van der Waals surface area contributed by atoms with Gasteiger partial charge in [-0.2, -0.15) is 0 Å². The minimum atomic E-state index is -0.641. The van der Waals surface area contributed by atoms with Crippen LogP contribution in [-0.4, -0.2) is 98.5 Å². The topological polar surface area (TPSA) is 107 Å². The molecule has 0 aromatic rings. The van der Waals surface area contributed by atoms with Gasteiger partial charge in [-0.05, 0) is 110 Å². The van der Waals surface area contributed by atoms with E-state index in [-0.39, 0.29) is 18.9 Å². The van der Waals surface area contributed by atoms with Gasteiger partial charge in [0.25, 0.3) is 0 Å². The number of aliphatic hydroxyl groups excluding tert-OH is 1. The van der Waals surface area contributed by atoms with Gasteiger partial charge in [-0.25, -0.2) is 0 Å². The first kappa shape index (κ1) is 32.7. The fourth-order valence-corrected chi connectivity index (χ4v) is 6.42. The highest BCUT2D eigenvalue weighted by Gasteiger charge is 2.32. The molecule has 0 unspecified atom stereocenters. The normalized spacial score (nSPS) is 31.3. The van der Waals surface area contributed by atoms with Gasteiger partial charge in [-0.1, -0.05) is 13.8 Å². The number of nitrogens with zero attached hydrogens (tertiary/aromatic N) is 1. The molecule has 0 radical (unpaired) electrons. The Hall–Kier alpha value is -0.810. The average Bonchev–Trinajstić information content (AvgIpc) is 2.92. The zero-order chi connectivity index (χ0) is 28.3. The van der Waals surface area contributed by atoms with Gasteiger partial charge in [-0.15, -0.1) is 0 Å². The summed E-state index contributed by atoms with van der Waals surface area (Å²) in [5, 5.41) is 24.2. The Kier molecular flexibility index (Phi) is 13.9. The maximum atomic E-state index is 12.3. The summed E-state index contributed by atoms with van der Waals surface area (Å²) in [6.07, 6.45) is 10.1. The molecule has 0 aromatic carbocycles. The molecule has 3 aliphatic rings. The van der Waals surface area contributed by atoms with E-state index >= 15 is 0 Å². The molecular weight excluding hydrogens is 494 g/mol. The second-order valence-electron chi connectivity index (χ2n) is 13.0. The molecule has 9 heteroatoms. The predicted octanol–water partition coefficient (Wildman–Crippen LogP) is 2.44. The van der Waals surface area contributed by atoms with Crippen molar-refractivity contribution in [1.29, 1.82) is 0 Å². The minimum absolute atomic E-state index is 0.204. The Morgan fingerprint density at radius 1 is 0.974 bits per heavy atom. The van der Waals surface area contributed by atoms with Gasteiger partial charge < -0.3 is 24.8 Å². The van der Waals surface area contributed by atoms with Crippen molar-refractivity contribution in [2.24, 2.45) is 17.8 Å². The van der Waals surface area contributed by atoms with Crippen LogP contribution in [0.5, 0.6) is 0 Å². The molecule has 2 saturated carbocycles. The van der Waals surface area contributed by atoms with Crippen molar-refractivity contribution in [2.75, 3.05) is 52.5 Å². The number of ether oxygens (including phenoxy) is 2. The Morgan fingerprint density at radius 2 is 1.62 bits per heavy atom. The zero-order valence-corrected chi connectivity index (χ0v) is 25.5. The van der Waals surface area contributed by atoms with E-state index in [1.807, 2.05) is 20.8 Å². The predicted molar refractivity (Wildman–Crippen MR) is 156 cm³/mol. The molecule has 0 bridgehead atoms.